The van der Waals surface area contributed by atoms with Gasteiger partial charge in [-0.25, -0.2) is 14.5 Å². The number of ether oxygens (including phenoxy) is 1. The Hall–Kier alpha value is -4.17. The molecule has 4 rings (SSSR count). The number of hydrogen-bond acceptors (Lipinski definition) is 6. The van der Waals surface area contributed by atoms with Crippen LogP contribution in [0.5, 0.6) is 0 Å². The van der Waals surface area contributed by atoms with Gasteiger partial charge < -0.3 is 9.15 Å². The molecule has 1 fully saturated rings. The van der Waals surface area contributed by atoms with Gasteiger partial charge in [0.15, 0.2) is 0 Å². The highest BCUT2D eigenvalue weighted by Gasteiger charge is 2.37. The number of halogens is 1. The molecule has 0 saturated carbocycles. The minimum absolute atomic E-state index is 0.233. The summed E-state index contributed by atoms with van der Waals surface area (Å²) in [6.07, 6.45) is 1.26. The number of furan rings is 1. The summed E-state index contributed by atoms with van der Waals surface area (Å²) in [5.41, 5.74) is 1.81. The number of nitrogens with one attached hydrogen (secondary N) is 1. The van der Waals surface area contributed by atoms with Crippen molar-refractivity contribution >= 4 is 47.2 Å². The second kappa shape index (κ2) is 8.76. The lowest BCUT2D eigenvalue weighted by Crippen LogP contribution is -2.54. The number of imide groups is 2. The zero-order valence-electron chi connectivity index (χ0n) is 17.5. The molecule has 0 atom stereocenters. The Morgan fingerprint density at radius 2 is 1.79 bits per heavy atom. The summed E-state index contributed by atoms with van der Waals surface area (Å²) in [5.74, 6) is -1.40. The SMILES string of the molecule is COC(=O)c1ccc(-c2ccc(/C=C3\C(=O)NC(=O)N(c4ccc(C)c(Cl)c4)C3=O)o2)cc1. The van der Waals surface area contributed by atoms with Gasteiger partial charge >= 0.3 is 12.0 Å². The fourth-order valence-electron chi connectivity index (χ4n) is 3.23. The van der Waals surface area contributed by atoms with Gasteiger partial charge in [0.1, 0.15) is 17.1 Å². The number of urea groups is 1. The molecule has 1 aliphatic heterocycles. The van der Waals surface area contributed by atoms with Crippen LogP contribution in [-0.2, 0) is 14.3 Å². The van der Waals surface area contributed by atoms with Gasteiger partial charge in [-0.15, -0.1) is 0 Å². The van der Waals surface area contributed by atoms with E-state index in [9.17, 15) is 19.2 Å². The highest BCUT2D eigenvalue weighted by molar-refractivity contribution is 6.39. The predicted molar refractivity (Wildman–Crippen MR) is 121 cm³/mol. The highest BCUT2D eigenvalue weighted by Crippen LogP contribution is 2.28. The molecule has 9 heteroatoms. The standard InChI is InChI=1S/C24H17ClN2O6/c1-13-3-8-16(11-19(13)25)27-22(29)18(21(28)26-24(27)31)12-17-9-10-20(33-17)14-4-6-15(7-5-14)23(30)32-2/h3-12H,1-2H3,(H,26,28,31)/b18-12+. The van der Waals surface area contributed by atoms with Crippen molar-refractivity contribution in [3.63, 3.8) is 0 Å². The largest absolute Gasteiger partial charge is 0.465 e. The first-order valence-electron chi connectivity index (χ1n) is 9.74. The lowest BCUT2D eigenvalue weighted by Gasteiger charge is -2.26. The third-order valence-corrected chi connectivity index (χ3v) is 5.43. The average molecular weight is 465 g/mol. The summed E-state index contributed by atoms with van der Waals surface area (Å²) in [7, 11) is 1.30. The van der Waals surface area contributed by atoms with Gasteiger partial charge in [-0.1, -0.05) is 29.8 Å². The van der Waals surface area contributed by atoms with E-state index in [2.05, 4.69) is 10.1 Å². The third kappa shape index (κ3) is 4.28. The molecular formula is C24H17ClN2O6. The molecule has 1 N–H and O–H groups in total. The van der Waals surface area contributed by atoms with Gasteiger partial charge in [-0.05, 0) is 55.0 Å². The number of benzene rings is 2. The Balaban J connectivity index is 1.63. The van der Waals surface area contributed by atoms with Gasteiger partial charge in [0.2, 0.25) is 0 Å². The molecule has 4 amide bonds. The molecule has 0 unspecified atom stereocenters. The molecule has 0 aliphatic carbocycles. The first-order valence-corrected chi connectivity index (χ1v) is 10.1. The number of barbiturate groups is 1. The zero-order chi connectivity index (χ0) is 23.7. The van der Waals surface area contributed by atoms with Crippen LogP contribution in [0.15, 0.2) is 64.6 Å². The predicted octanol–water partition coefficient (Wildman–Crippen LogP) is 4.36. The molecule has 33 heavy (non-hydrogen) atoms. The van der Waals surface area contributed by atoms with E-state index >= 15 is 0 Å². The van der Waals surface area contributed by atoms with Crippen LogP contribution in [0.4, 0.5) is 10.5 Å². The quantitative estimate of drug-likeness (QED) is 0.349. The zero-order valence-corrected chi connectivity index (χ0v) is 18.3. The first kappa shape index (κ1) is 22.0. The molecule has 0 spiro atoms. The van der Waals surface area contributed by atoms with Crippen molar-refractivity contribution in [1.29, 1.82) is 0 Å². The van der Waals surface area contributed by atoms with Crippen LogP contribution in [0.3, 0.4) is 0 Å². The van der Waals surface area contributed by atoms with Crippen molar-refractivity contribution < 1.29 is 28.3 Å². The number of carbonyl (C=O) groups is 4. The fraction of sp³-hybridized carbons (Fsp3) is 0.0833. The van der Waals surface area contributed by atoms with Crippen LogP contribution in [0, 0.1) is 6.92 Å². The molecule has 1 saturated heterocycles. The summed E-state index contributed by atoms with van der Waals surface area (Å²) in [6, 6.07) is 13.6. The number of methoxy groups -OCH3 is 1. The fourth-order valence-corrected chi connectivity index (χ4v) is 3.40. The number of anilines is 1. The molecule has 1 aromatic heterocycles. The Kier molecular flexibility index (Phi) is 5.85. The van der Waals surface area contributed by atoms with Gasteiger partial charge in [0.05, 0.1) is 18.4 Å². The number of rotatable bonds is 4. The summed E-state index contributed by atoms with van der Waals surface area (Å²) in [6.45, 7) is 1.79. The molecule has 1 aliphatic rings. The molecule has 166 valence electrons. The lowest BCUT2D eigenvalue weighted by molar-refractivity contribution is -0.122. The number of carbonyl (C=O) groups excluding carboxylic acids is 4. The maximum atomic E-state index is 13.0. The van der Waals surface area contributed by atoms with Crippen LogP contribution < -0.4 is 10.2 Å². The molecular weight excluding hydrogens is 448 g/mol. The van der Waals surface area contributed by atoms with Crippen molar-refractivity contribution in [2.75, 3.05) is 12.0 Å². The van der Waals surface area contributed by atoms with E-state index < -0.39 is 23.8 Å². The smallest absolute Gasteiger partial charge is 0.337 e. The highest BCUT2D eigenvalue weighted by atomic mass is 35.5. The van der Waals surface area contributed by atoms with Gasteiger partial charge in [0.25, 0.3) is 11.8 Å². The van der Waals surface area contributed by atoms with E-state index in [1.54, 1.807) is 55.5 Å². The van der Waals surface area contributed by atoms with E-state index in [4.69, 9.17) is 16.0 Å². The van der Waals surface area contributed by atoms with Gasteiger partial charge in [0, 0.05) is 10.6 Å². The van der Waals surface area contributed by atoms with Crippen LogP contribution in [0.25, 0.3) is 17.4 Å². The number of esters is 1. The maximum Gasteiger partial charge on any atom is 0.337 e. The lowest BCUT2D eigenvalue weighted by atomic mass is 10.1. The van der Waals surface area contributed by atoms with Crippen LogP contribution in [-0.4, -0.2) is 30.9 Å². The van der Waals surface area contributed by atoms with Gasteiger partial charge in [-0.3, -0.25) is 14.9 Å². The Labute approximate surface area is 193 Å². The topological polar surface area (TPSA) is 106 Å². The van der Waals surface area contributed by atoms with Crippen LogP contribution in [0.1, 0.15) is 21.7 Å². The summed E-state index contributed by atoms with van der Waals surface area (Å²) in [5, 5.41) is 2.53. The molecule has 2 heterocycles. The minimum Gasteiger partial charge on any atom is -0.465 e. The summed E-state index contributed by atoms with van der Waals surface area (Å²) in [4.78, 5) is 50.1. The molecule has 0 bridgehead atoms. The maximum absolute atomic E-state index is 13.0. The number of hydrogen-bond donors (Lipinski definition) is 1. The van der Waals surface area contributed by atoms with E-state index in [0.717, 1.165) is 10.5 Å². The van der Waals surface area contributed by atoms with Crippen molar-refractivity contribution in [1.82, 2.24) is 5.32 Å². The number of nitrogens with zero attached hydrogens (tertiary/aromatic N) is 1. The van der Waals surface area contributed by atoms with E-state index in [-0.39, 0.29) is 17.0 Å². The van der Waals surface area contributed by atoms with Gasteiger partial charge in [-0.2, -0.15) is 0 Å². The van der Waals surface area contributed by atoms with Crippen molar-refractivity contribution in [3.05, 3.63) is 82.1 Å². The average Bonchev–Trinajstić information content (AvgIpc) is 3.27. The van der Waals surface area contributed by atoms with Crippen LogP contribution in [0.2, 0.25) is 5.02 Å². The van der Waals surface area contributed by atoms with Crippen molar-refractivity contribution in [3.8, 4) is 11.3 Å². The molecule has 2 aromatic carbocycles. The minimum atomic E-state index is -0.868. The monoisotopic (exact) mass is 464 g/mol. The first-order chi connectivity index (χ1) is 15.8. The molecule has 3 aromatic rings. The molecule has 0 radical (unpaired) electrons. The number of amides is 4. The normalized spacial score (nSPS) is 15.1. The Morgan fingerprint density at radius 3 is 2.45 bits per heavy atom. The third-order valence-electron chi connectivity index (χ3n) is 5.02. The van der Waals surface area contributed by atoms with E-state index in [1.165, 1.54) is 19.3 Å². The number of aryl methyl sites for hydroxylation is 1. The molecule has 8 nitrogen and oxygen atoms in total. The van der Waals surface area contributed by atoms with Crippen molar-refractivity contribution in [2.45, 2.75) is 6.92 Å². The van der Waals surface area contributed by atoms with E-state index in [1.807, 2.05) is 0 Å². The Bertz CT molecular complexity index is 1320. The van der Waals surface area contributed by atoms with Crippen molar-refractivity contribution in [2.24, 2.45) is 0 Å². The summed E-state index contributed by atoms with van der Waals surface area (Å²) < 4.78 is 10.4. The van der Waals surface area contributed by atoms with Crippen LogP contribution >= 0.6 is 11.6 Å². The second-order valence-electron chi connectivity index (χ2n) is 7.16. The summed E-state index contributed by atoms with van der Waals surface area (Å²) >= 11 is 6.13. The van der Waals surface area contributed by atoms with E-state index in [0.29, 0.717) is 21.9 Å². The Morgan fingerprint density at radius 1 is 1.06 bits per heavy atom. The second-order valence-corrected chi connectivity index (χ2v) is 7.57.